The summed E-state index contributed by atoms with van der Waals surface area (Å²) >= 11 is 0. The summed E-state index contributed by atoms with van der Waals surface area (Å²) in [5, 5.41) is 9.32. The van der Waals surface area contributed by atoms with E-state index in [4.69, 9.17) is 9.47 Å². The number of benzene rings is 2. The van der Waals surface area contributed by atoms with Gasteiger partial charge in [-0.1, -0.05) is 57.2 Å². The molecule has 0 atom stereocenters. The fraction of sp³-hybridized carbons (Fsp3) is 0.273. The van der Waals surface area contributed by atoms with Crippen LogP contribution in [0.5, 0.6) is 11.5 Å². The van der Waals surface area contributed by atoms with Gasteiger partial charge in [-0.3, -0.25) is 4.79 Å². The van der Waals surface area contributed by atoms with Crippen LogP contribution < -0.4 is 9.47 Å². The molecule has 4 nitrogen and oxygen atoms in total. The molecule has 0 radical (unpaired) electrons. The van der Waals surface area contributed by atoms with Gasteiger partial charge in [-0.05, 0) is 29.3 Å². The quantitative estimate of drug-likeness (QED) is 0.555. The average molecular weight is 349 g/mol. The molecule has 2 aromatic rings. The third-order valence-corrected chi connectivity index (χ3v) is 3.78. The normalized spacial score (nSPS) is 11.6. The van der Waals surface area contributed by atoms with E-state index in [1.165, 1.54) is 0 Å². The molecule has 0 N–H and O–H groups in total. The Morgan fingerprint density at radius 1 is 1.12 bits per heavy atom. The number of hydrogen-bond acceptors (Lipinski definition) is 4. The summed E-state index contributed by atoms with van der Waals surface area (Å²) in [5.41, 5.74) is 1.28. The summed E-state index contributed by atoms with van der Waals surface area (Å²) in [4.78, 5) is 12.3. The molecule has 0 saturated carbocycles. The van der Waals surface area contributed by atoms with E-state index in [1.807, 2.05) is 36.4 Å². The van der Waals surface area contributed by atoms with E-state index in [9.17, 15) is 10.1 Å². The minimum Gasteiger partial charge on any atom is -0.493 e. The molecule has 0 saturated heterocycles. The molecule has 2 aromatic carbocycles. The van der Waals surface area contributed by atoms with Crippen LogP contribution in [-0.4, -0.2) is 12.9 Å². The number of ketones is 1. The molecule has 0 aliphatic rings. The molecular formula is C22H23NO3. The maximum Gasteiger partial charge on any atom is 0.178 e. The van der Waals surface area contributed by atoms with Gasteiger partial charge in [0, 0.05) is 5.41 Å². The van der Waals surface area contributed by atoms with Gasteiger partial charge in [-0.25, -0.2) is 0 Å². The largest absolute Gasteiger partial charge is 0.493 e. The van der Waals surface area contributed by atoms with Gasteiger partial charge in [-0.2, -0.15) is 5.26 Å². The van der Waals surface area contributed by atoms with Crippen molar-refractivity contribution in [2.24, 2.45) is 5.41 Å². The number of rotatable bonds is 6. The number of nitrogens with zero attached hydrogens (tertiary/aromatic N) is 1. The van der Waals surface area contributed by atoms with Gasteiger partial charge >= 0.3 is 0 Å². The molecule has 2 rings (SSSR count). The Labute approximate surface area is 154 Å². The van der Waals surface area contributed by atoms with Gasteiger partial charge in [0.2, 0.25) is 0 Å². The predicted molar refractivity (Wildman–Crippen MR) is 102 cm³/mol. The molecule has 134 valence electrons. The molecule has 0 fully saturated rings. The second kappa shape index (κ2) is 8.35. The monoisotopic (exact) mass is 349 g/mol. The lowest BCUT2D eigenvalue weighted by atomic mass is 9.86. The first-order valence-electron chi connectivity index (χ1n) is 8.36. The van der Waals surface area contributed by atoms with Crippen LogP contribution in [0.2, 0.25) is 0 Å². The Balaban J connectivity index is 2.23. The van der Waals surface area contributed by atoms with Crippen molar-refractivity contribution >= 4 is 11.9 Å². The van der Waals surface area contributed by atoms with Crippen molar-refractivity contribution in [3.05, 3.63) is 65.2 Å². The number of methoxy groups -OCH3 is 1. The van der Waals surface area contributed by atoms with Gasteiger partial charge in [0.25, 0.3) is 0 Å². The van der Waals surface area contributed by atoms with Gasteiger partial charge in [0.1, 0.15) is 12.7 Å². The molecule has 0 amide bonds. The molecule has 0 heterocycles. The average Bonchev–Trinajstić information content (AvgIpc) is 2.64. The first-order valence-corrected chi connectivity index (χ1v) is 8.36. The van der Waals surface area contributed by atoms with E-state index in [0.29, 0.717) is 23.7 Å². The maximum absolute atomic E-state index is 12.3. The van der Waals surface area contributed by atoms with Crippen LogP contribution in [0, 0.1) is 16.7 Å². The zero-order valence-electron chi connectivity index (χ0n) is 15.6. The van der Waals surface area contributed by atoms with E-state index in [2.05, 4.69) is 0 Å². The predicted octanol–water partition coefficient (Wildman–Crippen LogP) is 4.80. The Bertz CT molecular complexity index is 840. The third kappa shape index (κ3) is 4.97. The Kier molecular flexibility index (Phi) is 6.19. The minimum absolute atomic E-state index is 0.123. The van der Waals surface area contributed by atoms with Crippen LogP contribution in [0.1, 0.15) is 31.9 Å². The summed E-state index contributed by atoms with van der Waals surface area (Å²) in [6, 6.07) is 17.2. The SMILES string of the molecule is COc1cc(/C=C(\C#N)C(=O)C(C)(C)C)ccc1OCc1ccccc1. The first kappa shape index (κ1) is 19.3. The maximum atomic E-state index is 12.3. The summed E-state index contributed by atoms with van der Waals surface area (Å²) < 4.78 is 11.2. The number of nitriles is 1. The van der Waals surface area contributed by atoms with Gasteiger partial charge < -0.3 is 9.47 Å². The van der Waals surface area contributed by atoms with Crippen molar-refractivity contribution in [3.8, 4) is 17.6 Å². The van der Waals surface area contributed by atoms with E-state index in [0.717, 1.165) is 5.56 Å². The topological polar surface area (TPSA) is 59.3 Å². The highest BCUT2D eigenvalue weighted by molar-refractivity contribution is 6.06. The van der Waals surface area contributed by atoms with Crippen molar-refractivity contribution in [2.75, 3.05) is 7.11 Å². The molecule has 4 heteroatoms. The number of carbonyl (C=O) groups is 1. The lowest BCUT2D eigenvalue weighted by molar-refractivity contribution is -0.121. The highest BCUT2D eigenvalue weighted by atomic mass is 16.5. The highest BCUT2D eigenvalue weighted by Gasteiger charge is 2.25. The highest BCUT2D eigenvalue weighted by Crippen LogP contribution is 2.30. The molecular weight excluding hydrogens is 326 g/mol. The lowest BCUT2D eigenvalue weighted by Crippen LogP contribution is -2.21. The number of carbonyl (C=O) groups excluding carboxylic acids is 1. The lowest BCUT2D eigenvalue weighted by Gasteiger charge is -2.15. The standard InChI is InChI=1S/C22H23NO3/c1-22(2,3)21(24)18(14-23)12-17-10-11-19(20(13-17)25-4)26-15-16-8-6-5-7-9-16/h5-13H,15H2,1-4H3/b18-12+. The van der Waals surface area contributed by atoms with Crippen LogP contribution in [0.3, 0.4) is 0 Å². The van der Waals surface area contributed by atoms with Crippen molar-refractivity contribution in [1.82, 2.24) is 0 Å². The summed E-state index contributed by atoms with van der Waals surface area (Å²) in [6.45, 7) is 5.81. The molecule has 0 aliphatic carbocycles. The van der Waals surface area contributed by atoms with Gasteiger partial charge in [0.05, 0.1) is 12.7 Å². The van der Waals surface area contributed by atoms with E-state index < -0.39 is 5.41 Å². The zero-order chi connectivity index (χ0) is 19.2. The molecule has 26 heavy (non-hydrogen) atoms. The van der Waals surface area contributed by atoms with Crippen LogP contribution in [0.25, 0.3) is 6.08 Å². The van der Waals surface area contributed by atoms with Crippen molar-refractivity contribution < 1.29 is 14.3 Å². The van der Waals surface area contributed by atoms with E-state index in [-0.39, 0.29) is 11.4 Å². The minimum atomic E-state index is -0.607. The number of ether oxygens (including phenoxy) is 2. The second-order valence-corrected chi connectivity index (χ2v) is 6.93. The molecule has 0 spiro atoms. The Morgan fingerprint density at radius 3 is 2.38 bits per heavy atom. The van der Waals surface area contributed by atoms with Crippen LogP contribution in [-0.2, 0) is 11.4 Å². The van der Waals surface area contributed by atoms with E-state index in [1.54, 1.807) is 52.2 Å². The van der Waals surface area contributed by atoms with Crippen molar-refractivity contribution in [1.29, 1.82) is 5.26 Å². The van der Waals surface area contributed by atoms with Crippen LogP contribution >= 0.6 is 0 Å². The fourth-order valence-electron chi connectivity index (χ4n) is 2.35. The zero-order valence-corrected chi connectivity index (χ0v) is 15.6. The van der Waals surface area contributed by atoms with E-state index >= 15 is 0 Å². The smallest absolute Gasteiger partial charge is 0.178 e. The third-order valence-electron chi connectivity index (χ3n) is 3.78. The van der Waals surface area contributed by atoms with Crippen LogP contribution in [0.15, 0.2) is 54.1 Å². The Hall–Kier alpha value is -3.06. The molecule has 0 unspecified atom stereocenters. The summed E-state index contributed by atoms with van der Waals surface area (Å²) in [6.07, 6.45) is 1.58. The summed E-state index contributed by atoms with van der Waals surface area (Å²) in [5.74, 6) is 0.965. The van der Waals surface area contributed by atoms with Crippen LogP contribution in [0.4, 0.5) is 0 Å². The first-order chi connectivity index (χ1) is 12.3. The molecule has 0 bridgehead atoms. The Morgan fingerprint density at radius 2 is 1.81 bits per heavy atom. The molecule has 0 aromatic heterocycles. The number of allylic oxidation sites excluding steroid dienone is 1. The summed E-state index contributed by atoms with van der Waals surface area (Å²) in [7, 11) is 1.56. The number of Topliss-reactive ketones (excluding diaryl/α,β-unsaturated/α-hetero) is 1. The van der Waals surface area contributed by atoms with Gasteiger partial charge in [0.15, 0.2) is 17.3 Å². The van der Waals surface area contributed by atoms with Gasteiger partial charge in [-0.15, -0.1) is 0 Å². The fourth-order valence-corrected chi connectivity index (χ4v) is 2.35. The van der Waals surface area contributed by atoms with Crippen molar-refractivity contribution in [2.45, 2.75) is 27.4 Å². The number of hydrogen-bond donors (Lipinski definition) is 0. The molecule has 0 aliphatic heterocycles. The second-order valence-electron chi connectivity index (χ2n) is 6.93. The van der Waals surface area contributed by atoms with Crippen molar-refractivity contribution in [3.63, 3.8) is 0 Å².